The van der Waals surface area contributed by atoms with Gasteiger partial charge < -0.3 is 4.74 Å². The number of benzene rings is 2. The number of nitrogens with zero attached hydrogens (tertiary/aromatic N) is 3. The lowest BCUT2D eigenvalue weighted by Crippen LogP contribution is -2.30. The smallest absolute Gasteiger partial charge is 0.272 e. The van der Waals surface area contributed by atoms with Gasteiger partial charge in [-0.05, 0) is 67.8 Å². The third-order valence-corrected chi connectivity index (χ3v) is 6.43. The Morgan fingerprint density at radius 1 is 1.28 bits per heavy atom. The van der Waals surface area contributed by atoms with Crippen molar-refractivity contribution in [2.24, 2.45) is 4.99 Å². The molecule has 2 aromatic carbocycles. The fraction of sp³-hybridized carbons (Fsp3) is 0.304. The first-order chi connectivity index (χ1) is 15.4. The molecular formula is C23H25N3O4S2. The fourth-order valence-corrected chi connectivity index (χ4v) is 4.59. The van der Waals surface area contributed by atoms with Gasteiger partial charge in [-0.3, -0.25) is 19.8 Å². The molecule has 1 aliphatic heterocycles. The van der Waals surface area contributed by atoms with E-state index < -0.39 is 4.92 Å². The van der Waals surface area contributed by atoms with E-state index >= 15 is 0 Å². The lowest BCUT2D eigenvalue weighted by Gasteiger charge is -2.15. The number of carbonyl (C=O) groups excluding carboxylic acids is 1. The van der Waals surface area contributed by atoms with Gasteiger partial charge >= 0.3 is 0 Å². The molecule has 0 saturated carbocycles. The summed E-state index contributed by atoms with van der Waals surface area (Å²) in [7, 11) is 0. The molecule has 1 aliphatic rings. The Morgan fingerprint density at radius 2 is 2.06 bits per heavy atom. The van der Waals surface area contributed by atoms with Gasteiger partial charge in [-0.2, -0.15) is 11.8 Å². The van der Waals surface area contributed by atoms with E-state index in [0.29, 0.717) is 45.8 Å². The van der Waals surface area contributed by atoms with Crippen LogP contribution < -0.4 is 4.74 Å². The minimum atomic E-state index is -0.410. The van der Waals surface area contributed by atoms with Crippen LogP contribution in [0.3, 0.4) is 0 Å². The first-order valence-corrected chi connectivity index (χ1v) is 12.4. The highest BCUT2D eigenvalue weighted by atomic mass is 32.2. The highest BCUT2D eigenvalue weighted by Gasteiger charge is 2.33. The lowest BCUT2D eigenvalue weighted by molar-refractivity contribution is -0.385. The molecule has 0 aromatic heterocycles. The van der Waals surface area contributed by atoms with Crippen molar-refractivity contribution in [3.05, 3.63) is 68.6 Å². The number of amides is 1. The van der Waals surface area contributed by atoms with E-state index in [9.17, 15) is 14.9 Å². The normalized spacial score (nSPS) is 16.2. The summed E-state index contributed by atoms with van der Waals surface area (Å²) in [6.07, 6.45) is 4.56. The van der Waals surface area contributed by atoms with Crippen molar-refractivity contribution in [1.29, 1.82) is 0 Å². The summed E-state index contributed by atoms with van der Waals surface area (Å²) in [5.74, 6) is 1.44. The average Bonchev–Trinajstić information content (AvgIpc) is 3.05. The molecule has 0 N–H and O–H groups in total. The van der Waals surface area contributed by atoms with Gasteiger partial charge in [0.1, 0.15) is 11.4 Å². The van der Waals surface area contributed by atoms with Crippen LogP contribution in [0.15, 0.2) is 52.4 Å². The highest BCUT2D eigenvalue weighted by Crippen LogP contribution is 2.37. The van der Waals surface area contributed by atoms with Crippen molar-refractivity contribution in [2.45, 2.75) is 20.3 Å². The summed E-state index contributed by atoms with van der Waals surface area (Å²) in [5, 5.41) is 11.9. The Hall–Kier alpha value is -2.78. The van der Waals surface area contributed by atoms with Crippen LogP contribution in [0.5, 0.6) is 5.75 Å². The number of nitro benzene ring substituents is 1. The van der Waals surface area contributed by atoms with E-state index in [1.54, 1.807) is 41.8 Å². The number of ether oxygens (including phenoxy) is 1. The molecule has 2 aromatic rings. The topological polar surface area (TPSA) is 85.0 Å². The Bertz CT molecular complexity index is 1070. The quantitative estimate of drug-likeness (QED) is 0.203. The van der Waals surface area contributed by atoms with Crippen LogP contribution in [-0.4, -0.2) is 46.1 Å². The number of aliphatic imine (C=N–C) groups is 1. The first-order valence-electron chi connectivity index (χ1n) is 10.2. The van der Waals surface area contributed by atoms with E-state index in [2.05, 4.69) is 0 Å². The monoisotopic (exact) mass is 471 g/mol. The van der Waals surface area contributed by atoms with Gasteiger partial charge in [0.2, 0.25) is 0 Å². The van der Waals surface area contributed by atoms with Gasteiger partial charge in [0.05, 0.1) is 16.4 Å². The van der Waals surface area contributed by atoms with Gasteiger partial charge in [0, 0.05) is 18.2 Å². The molecule has 168 valence electrons. The largest absolute Gasteiger partial charge is 0.492 e. The van der Waals surface area contributed by atoms with E-state index in [1.807, 2.05) is 37.4 Å². The second-order valence-corrected chi connectivity index (χ2v) is 9.01. The van der Waals surface area contributed by atoms with Crippen molar-refractivity contribution >= 4 is 52.0 Å². The summed E-state index contributed by atoms with van der Waals surface area (Å²) >= 11 is 3.00. The minimum absolute atomic E-state index is 0.0335. The Morgan fingerprint density at radius 3 is 2.78 bits per heavy atom. The third-order valence-electron chi connectivity index (χ3n) is 4.73. The van der Waals surface area contributed by atoms with Crippen molar-refractivity contribution in [1.82, 2.24) is 4.90 Å². The zero-order valence-electron chi connectivity index (χ0n) is 18.2. The molecule has 0 radical (unpaired) electrons. The van der Waals surface area contributed by atoms with Crippen LogP contribution in [0.25, 0.3) is 6.08 Å². The number of para-hydroxylation sites is 2. The van der Waals surface area contributed by atoms with Crippen molar-refractivity contribution in [3.63, 3.8) is 0 Å². The van der Waals surface area contributed by atoms with Gasteiger partial charge in [-0.15, -0.1) is 0 Å². The van der Waals surface area contributed by atoms with Crippen LogP contribution in [0.4, 0.5) is 11.4 Å². The van der Waals surface area contributed by atoms with E-state index in [4.69, 9.17) is 9.73 Å². The van der Waals surface area contributed by atoms with Gasteiger partial charge in [-0.1, -0.05) is 24.3 Å². The maximum absolute atomic E-state index is 13.2. The van der Waals surface area contributed by atoms with Crippen molar-refractivity contribution < 1.29 is 14.5 Å². The summed E-state index contributed by atoms with van der Waals surface area (Å²) in [5.41, 5.74) is 1.88. The third kappa shape index (κ3) is 5.72. The Balaban J connectivity index is 1.97. The number of carbonyl (C=O) groups is 1. The van der Waals surface area contributed by atoms with Crippen LogP contribution in [0.1, 0.15) is 24.5 Å². The predicted molar refractivity (Wildman–Crippen MR) is 133 cm³/mol. The van der Waals surface area contributed by atoms with Gasteiger partial charge in [-0.25, -0.2) is 4.99 Å². The molecule has 0 atom stereocenters. The second-order valence-electron chi connectivity index (χ2n) is 7.01. The molecule has 9 heteroatoms. The van der Waals surface area contributed by atoms with E-state index in [1.165, 1.54) is 17.8 Å². The highest BCUT2D eigenvalue weighted by molar-refractivity contribution is 8.18. The molecule has 0 unspecified atom stereocenters. The summed E-state index contributed by atoms with van der Waals surface area (Å²) in [6.45, 7) is 4.67. The maximum atomic E-state index is 13.2. The molecule has 0 aliphatic carbocycles. The first kappa shape index (κ1) is 23.9. The standard InChI is InChI=1S/C23H25N3O4S2/c1-4-30-20-9-6-5-8-18(20)24-23-25(12-7-13-31-3)22(27)21(32-23)15-17-11-10-16(2)19(14-17)26(28)29/h5-6,8-11,14-15H,4,7,12-13H2,1-3H3/b21-15-,24-23?. The maximum Gasteiger partial charge on any atom is 0.272 e. The fourth-order valence-electron chi connectivity index (χ4n) is 3.15. The number of rotatable bonds is 9. The molecule has 1 heterocycles. The Kier molecular flexibility index (Phi) is 8.35. The zero-order chi connectivity index (χ0) is 23.1. The van der Waals surface area contributed by atoms with Gasteiger partial charge in [0.25, 0.3) is 11.6 Å². The molecule has 0 spiro atoms. The zero-order valence-corrected chi connectivity index (χ0v) is 19.9. The van der Waals surface area contributed by atoms with Gasteiger partial charge in [0.15, 0.2) is 5.17 Å². The predicted octanol–water partition coefficient (Wildman–Crippen LogP) is 5.66. The number of aryl methyl sites for hydroxylation is 1. The number of thioether (sulfide) groups is 2. The van der Waals surface area contributed by atoms with Crippen LogP contribution in [0.2, 0.25) is 0 Å². The minimum Gasteiger partial charge on any atom is -0.492 e. The number of nitro groups is 1. The molecule has 3 rings (SSSR count). The number of amidine groups is 1. The molecule has 1 amide bonds. The molecule has 32 heavy (non-hydrogen) atoms. The van der Waals surface area contributed by atoms with E-state index in [0.717, 1.165) is 12.2 Å². The Labute approximate surface area is 196 Å². The molecule has 0 bridgehead atoms. The van der Waals surface area contributed by atoms with Crippen LogP contribution in [-0.2, 0) is 4.79 Å². The summed E-state index contributed by atoms with van der Waals surface area (Å²) in [6, 6.07) is 12.4. The number of hydrogen-bond acceptors (Lipinski definition) is 7. The average molecular weight is 472 g/mol. The lowest BCUT2D eigenvalue weighted by atomic mass is 10.1. The van der Waals surface area contributed by atoms with Crippen molar-refractivity contribution in [3.8, 4) is 5.75 Å². The van der Waals surface area contributed by atoms with E-state index in [-0.39, 0.29) is 11.6 Å². The second kappa shape index (κ2) is 11.2. The molecular weight excluding hydrogens is 446 g/mol. The van der Waals surface area contributed by atoms with Crippen LogP contribution in [0, 0.1) is 17.0 Å². The van der Waals surface area contributed by atoms with Crippen LogP contribution >= 0.6 is 23.5 Å². The molecule has 7 nitrogen and oxygen atoms in total. The summed E-state index contributed by atoms with van der Waals surface area (Å²) in [4.78, 5) is 31.0. The molecule has 1 saturated heterocycles. The molecule has 1 fully saturated rings. The van der Waals surface area contributed by atoms with Crippen molar-refractivity contribution in [2.75, 3.05) is 25.2 Å². The SMILES string of the molecule is CCOc1ccccc1N=C1S/C(=C\c2ccc(C)c([N+](=O)[O-])c2)C(=O)N1CCCSC. The summed E-state index contributed by atoms with van der Waals surface area (Å²) < 4.78 is 5.68. The number of hydrogen-bond donors (Lipinski definition) is 0.